The minimum atomic E-state index is -2.28. The molecule has 0 atom stereocenters. The van der Waals surface area contributed by atoms with Crippen molar-refractivity contribution in [1.29, 1.82) is 0 Å². The van der Waals surface area contributed by atoms with Crippen LogP contribution in [-0.4, -0.2) is 24.6 Å². The first-order chi connectivity index (χ1) is 13.0. The van der Waals surface area contributed by atoms with Crippen LogP contribution >= 0.6 is 15.6 Å². The first-order valence-electron chi connectivity index (χ1n) is 11.0. The largest absolute Gasteiger partial charge is 1.00 e. The highest BCUT2D eigenvalue weighted by molar-refractivity contribution is 7.75. The topological polar surface area (TPSA) is 46.1 Å². The van der Waals surface area contributed by atoms with Crippen molar-refractivity contribution in [1.82, 2.24) is 0 Å². The fraction of sp³-hybridized carbons (Fsp3) is 0.739. The van der Waals surface area contributed by atoms with Gasteiger partial charge in [-0.1, -0.05) is 83.7 Å². The number of rotatable bonds is 14. The molecule has 0 amide bonds. The zero-order chi connectivity index (χ0) is 20.4. The van der Waals surface area contributed by atoms with Gasteiger partial charge in [-0.2, -0.15) is 0 Å². The van der Waals surface area contributed by atoms with Crippen molar-refractivity contribution in [3.05, 3.63) is 35.9 Å². The molecule has 0 heterocycles. The number of hydrogen-bond donors (Lipinski definition) is 0. The van der Waals surface area contributed by atoms with Gasteiger partial charge in [0.1, 0.15) is 0 Å². The van der Waals surface area contributed by atoms with Crippen molar-refractivity contribution in [3.63, 3.8) is 0 Å². The predicted octanol–water partition coefficient (Wildman–Crippen LogP) is 6.54. The first kappa shape index (κ1) is 27.0. The minimum Gasteiger partial charge on any atom is -0.841 e. The van der Waals surface area contributed by atoms with Gasteiger partial charge in [-0.15, -0.1) is 0 Å². The van der Waals surface area contributed by atoms with Crippen molar-refractivity contribution in [2.24, 2.45) is 0 Å². The average Bonchev–Trinajstić information content (AvgIpc) is 2.68. The summed E-state index contributed by atoms with van der Waals surface area (Å²) in [5, 5.41) is 0. The van der Waals surface area contributed by atoms with Gasteiger partial charge in [0.2, 0.25) is 0 Å². The van der Waals surface area contributed by atoms with Crippen LogP contribution in [0.3, 0.4) is 0 Å². The van der Waals surface area contributed by atoms with E-state index in [4.69, 9.17) is 0 Å². The molecule has 0 spiro atoms. The Balaban J connectivity index is 0. The molecule has 1 rings (SSSR count). The molecule has 1 aromatic carbocycles. The lowest BCUT2D eigenvalue weighted by atomic mass is 10.2. The van der Waals surface area contributed by atoms with Crippen LogP contribution in [-0.2, 0) is 6.16 Å². The lowest BCUT2D eigenvalue weighted by molar-refractivity contribution is -0.292. The summed E-state index contributed by atoms with van der Waals surface area (Å²) in [6.45, 7) is 9.42. The number of benzene rings is 1. The second-order valence-corrected chi connectivity index (χ2v) is 13.1. The molecule has 4 heteroatoms. The molecule has 0 radical (unpaired) electrons. The van der Waals surface area contributed by atoms with Crippen LogP contribution in [0.4, 0.5) is 0 Å². The van der Waals surface area contributed by atoms with E-state index >= 15 is 0 Å². The van der Waals surface area contributed by atoms with Crippen LogP contribution in [0.2, 0.25) is 0 Å². The van der Waals surface area contributed by atoms with Gasteiger partial charge in [-0.3, -0.25) is 0 Å². The van der Waals surface area contributed by atoms with E-state index in [1.54, 1.807) is 36.8 Å². The SMILES string of the molecule is CCCC[P+](CCCC)(CCCC)CCCC.[H+].[O-]P([O-])Cc1ccccc1. The van der Waals surface area contributed by atoms with Gasteiger partial charge < -0.3 is 18.2 Å². The number of unbranched alkanes of at least 4 members (excludes halogenated alkanes) is 4. The van der Waals surface area contributed by atoms with Crippen LogP contribution in [0.5, 0.6) is 0 Å². The molecule has 0 N–H and O–H groups in total. The van der Waals surface area contributed by atoms with Gasteiger partial charge in [0.05, 0.1) is 24.6 Å². The Morgan fingerprint density at radius 2 is 1.07 bits per heavy atom. The third kappa shape index (κ3) is 14.6. The molecule has 0 saturated carbocycles. The van der Waals surface area contributed by atoms with Gasteiger partial charge in [0.15, 0.2) is 0 Å². The van der Waals surface area contributed by atoms with E-state index in [9.17, 15) is 9.79 Å². The molecule has 0 aliphatic heterocycles. The molecule has 158 valence electrons. The zero-order valence-corrected chi connectivity index (χ0v) is 20.1. The predicted molar refractivity (Wildman–Crippen MR) is 124 cm³/mol. The molecule has 0 unspecified atom stereocenters. The monoisotopic (exact) mass is 414 g/mol. The Morgan fingerprint density at radius 3 is 1.37 bits per heavy atom. The summed E-state index contributed by atoms with van der Waals surface area (Å²) in [7, 11) is -2.84. The van der Waals surface area contributed by atoms with Crippen molar-refractivity contribution in [2.45, 2.75) is 85.2 Å². The van der Waals surface area contributed by atoms with Crippen LogP contribution in [0, 0.1) is 0 Å². The summed E-state index contributed by atoms with van der Waals surface area (Å²) in [5.41, 5.74) is 0.846. The second-order valence-electron chi connectivity index (χ2n) is 7.63. The van der Waals surface area contributed by atoms with Crippen molar-refractivity contribution in [3.8, 4) is 0 Å². The van der Waals surface area contributed by atoms with Crippen molar-refractivity contribution < 1.29 is 11.2 Å². The first-order valence-corrected chi connectivity index (χ1v) is 14.9. The molecule has 27 heavy (non-hydrogen) atoms. The molecule has 2 nitrogen and oxygen atoms in total. The number of hydrogen-bond acceptors (Lipinski definition) is 2. The Labute approximate surface area is 172 Å². The molecule has 0 fully saturated rings. The zero-order valence-electron chi connectivity index (χ0n) is 19.3. The van der Waals surface area contributed by atoms with Crippen LogP contribution in [0.15, 0.2) is 30.3 Å². The third-order valence-electron chi connectivity index (χ3n) is 5.10. The highest BCUT2D eigenvalue weighted by Crippen LogP contribution is 2.61. The van der Waals surface area contributed by atoms with Crippen LogP contribution in [0.1, 0.15) is 86.1 Å². The summed E-state index contributed by atoms with van der Waals surface area (Å²) in [4.78, 5) is 20.4. The van der Waals surface area contributed by atoms with Gasteiger partial charge in [0, 0.05) is 7.26 Å². The molecular weight excluding hydrogens is 370 g/mol. The molecule has 0 aromatic heterocycles. The van der Waals surface area contributed by atoms with E-state index in [1.165, 1.54) is 51.4 Å². The average molecular weight is 415 g/mol. The van der Waals surface area contributed by atoms with E-state index in [0.717, 1.165) is 5.56 Å². The highest BCUT2D eigenvalue weighted by atomic mass is 31.2. The van der Waals surface area contributed by atoms with E-state index in [2.05, 4.69) is 27.7 Å². The fourth-order valence-corrected chi connectivity index (χ4v) is 9.18. The van der Waals surface area contributed by atoms with Gasteiger partial charge in [-0.05, 0) is 37.4 Å². The molecular formula is C23H44O2P2. The van der Waals surface area contributed by atoms with E-state index in [-0.39, 0.29) is 7.59 Å². The maximum atomic E-state index is 10.2. The summed E-state index contributed by atoms with van der Waals surface area (Å²) in [6, 6.07) is 9.11. The standard InChI is InChI=1S/C16H36P.C7H7O2P/c1-5-9-13-17(14-10-6-2,15-11-7-3)16-12-8-4;8-10(9)6-7-4-2-1-3-5-7/h5-16H2,1-4H3;1-5H,6H2/q+1;-2/p+1. The Morgan fingerprint density at radius 1 is 0.704 bits per heavy atom. The summed E-state index contributed by atoms with van der Waals surface area (Å²) in [6.07, 6.45) is 18.1. The summed E-state index contributed by atoms with van der Waals surface area (Å²) >= 11 is 0. The summed E-state index contributed by atoms with van der Waals surface area (Å²) < 4.78 is 0. The quantitative estimate of drug-likeness (QED) is 0.325. The van der Waals surface area contributed by atoms with Gasteiger partial charge in [0.25, 0.3) is 0 Å². The van der Waals surface area contributed by atoms with Gasteiger partial charge in [-0.25, -0.2) is 0 Å². The lowest BCUT2D eigenvalue weighted by Gasteiger charge is -2.30. The highest BCUT2D eigenvalue weighted by Gasteiger charge is 2.34. The molecule has 0 saturated heterocycles. The smallest absolute Gasteiger partial charge is 0.841 e. The van der Waals surface area contributed by atoms with Gasteiger partial charge >= 0.3 is 1.43 Å². The molecule has 0 bridgehead atoms. The van der Waals surface area contributed by atoms with E-state index in [0.29, 0.717) is 0 Å². The second kappa shape index (κ2) is 18.1. The maximum absolute atomic E-state index is 10.2. The van der Waals surface area contributed by atoms with E-state index in [1.807, 2.05) is 18.2 Å². The Bertz CT molecular complexity index is 392. The maximum Gasteiger partial charge on any atom is 1.00 e. The molecule has 1 aromatic rings. The third-order valence-corrected chi connectivity index (χ3v) is 10.8. The molecule has 0 aliphatic rings. The fourth-order valence-electron chi connectivity index (χ4n) is 3.38. The normalized spacial score (nSPS) is 11.4. The lowest BCUT2D eigenvalue weighted by Crippen LogP contribution is -2.12. The van der Waals surface area contributed by atoms with Crippen molar-refractivity contribution in [2.75, 3.05) is 24.6 Å². The van der Waals surface area contributed by atoms with Crippen LogP contribution in [0.25, 0.3) is 0 Å². The summed E-state index contributed by atoms with van der Waals surface area (Å²) in [5.74, 6) is 0. The van der Waals surface area contributed by atoms with E-state index < -0.39 is 15.6 Å². The minimum absolute atomic E-state index is 0. The Kier molecular flexibility index (Phi) is 18.1. The molecule has 0 aliphatic carbocycles. The Hall–Kier alpha value is 0. The van der Waals surface area contributed by atoms with Crippen LogP contribution < -0.4 is 9.79 Å². The van der Waals surface area contributed by atoms with Crippen molar-refractivity contribution >= 4 is 15.6 Å².